The van der Waals surface area contributed by atoms with Crippen LogP contribution >= 0.6 is 11.6 Å². The zero-order valence-electron chi connectivity index (χ0n) is 10.5. The third kappa shape index (κ3) is 2.81. The number of hydrogen-bond acceptors (Lipinski definition) is 2. The summed E-state index contributed by atoms with van der Waals surface area (Å²) in [5.74, 6) is -0.990. The summed E-state index contributed by atoms with van der Waals surface area (Å²) >= 11 is 5.95. The van der Waals surface area contributed by atoms with Gasteiger partial charge in [-0.05, 0) is 43.9 Å². The number of carbonyl (C=O) groups is 2. The van der Waals surface area contributed by atoms with Gasteiger partial charge >= 0.3 is 12.0 Å². The van der Waals surface area contributed by atoms with Crippen molar-refractivity contribution in [2.75, 3.05) is 5.32 Å². The smallest absolute Gasteiger partial charge is 0.329 e. The monoisotopic (exact) mass is 282 g/mol. The van der Waals surface area contributed by atoms with E-state index in [2.05, 4.69) is 10.6 Å². The summed E-state index contributed by atoms with van der Waals surface area (Å²) in [7, 11) is 0. The average molecular weight is 283 g/mol. The van der Waals surface area contributed by atoms with Crippen molar-refractivity contribution in [1.29, 1.82) is 0 Å². The summed E-state index contributed by atoms with van der Waals surface area (Å²) < 4.78 is 0. The second kappa shape index (κ2) is 5.09. The standard InChI is InChI=1S/C13H15ClN2O3/c1-8-3-4-9(7-10(8)14)15-12(19)16-13(11(17)18)5-2-6-13/h3-4,7H,2,5-6H2,1H3,(H,17,18)(H2,15,16,19). The van der Waals surface area contributed by atoms with Gasteiger partial charge < -0.3 is 15.7 Å². The lowest BCUT2D eigenvalue weighted by atomic mass is 9.77. The van der Waals surface area contributed by atoms with E-state index in [4.69, 9.17) is 16.7 Å². The van der Waals surface area contributed by atoms with Crippen molar-refractivity contribution in [2.45, 2.75) is 31.7 Å². The van der Waals surface area contributed by atoms with E-state index in [1.165, 1.54) is 0 Å². The van der Waals surface area contributed by atoms with Crippen molar-refractivity contribution in [2.24, 2.45) is 0 Å². The lowest BCUT2D eigenvalue weighted by molar-refractivity contribution is -0.148. The van der Waals surface area contributed by atoms with Gasteiger partial charge in [0.05, 0.1) is 0 Å². The fourth-order valence-corrected chi connectivity index (χ4v) is 2.15. The summed E-state index contributed by atoms with van der Waals surface area (Å²) in [6.45, 7) is 1.86. The maximum atomic E-state index is 11.8. The fourth-order valence-electron chi connectivity index (χ4n) is 1.97. The molecule has 0 aliphatic heterocycles. The number of hydrogen-bond donors (Lipinski definition) is 3. The molecule has 5 nitrogen and oxygen atoms in total. The van der Waals surface area contributed by atoms with Crippen molar-refractivity contribution in [1.82, 2.24) is 5.32 Å². The van der Waals surface area contributed by atoms with Gasteiger partial charge in [-0.15, -0.1) is 0 Å². The Morgan fingerprint density at radius 3 is 2.53 bits per heavy atom. The Kier molecular flexibility index (Phi) is 3.66. The maximum absolute atomic E-state index is 11.8. The van der Waals surface area contributed by atoms with Crippen LogP contribution in [0.5, 0.6) is 0 Å². The molecule has 1 aliphatic rings. The van der Waals surface area contributed by atoms with Crippen molar-refractivity contribution in [3.05, 3.63) is 28.8 Å². The molecule has 0 radical (unpaired) electrons. The number of carboxylic acid groups (broad SMARTS) is 1. The molecular formula is C13H15ClN2O3. The predicted octanol–water partition coefficient (Wildman–Crippen LogP) is 2.78. The van der Waals surface area contributed by atoms with Crippen LogP contribution in [0.2, 0.25) is 5.02 Å². The first-order valence-electron chi connectivity index (χ1n) is 6.02. The first-order chi connectivity index (χ1) is 8.93. The van der Waals surface area contributed by atoms with Gasteiger partial charge in [0.15, 0.2) is 0 Å². The quantitative estimate of drug-likeness (QED) is 0.797. The van der Waals surface area contributed by atoms with Crippen LogP contribution in [-0.4, -0.2) is 22.6 Å². The number of benzene rings is 1. The molecule has 1 aromatic rings. The molecular weight excluding hydrogens is 268 g/mol. The second-order valence-electron chi connectivity index (χ2n) is 4.78. The fraction of sp³-hybridized carbons (Fsp3) is 0.385. The minimum absolute atomic E-state index is 0.463. The number of aryl methyl sites for hydroxylation is 1. The molecule has 1 fully saturated rings. The molecule has 2 rings (SSSR count). The van der Waals surface area contributed by atoms with Gasteiger partial charge in [-0.1, -0.05) is 17.7 Å². The van der Waals surface area contributed by atoms with Crippen LogP contribution in [0.15, 0.2) is 18.2 Å². The Morgan fingerprint density at radius 2 is 2.05 bits per heavy atom. The Bertz CT molecular complexity index is 527. The third-order valence-electron chi connectivity index (χ3n) is 3.40. The molecule has 0 unspecified atom stereocenters. The van der Waals surface area contributed by atoms with E-state index in [1.54, 1.807) is 18.2 Å². The molecule has 102 valence electrons. The number of halogens is 1. The molecule has 19 heavy (non-hydrogen) atoms. The van der Waals surface area contributed by atoms with Crippen molar-refractivity contribution in [3.8, 4) is 0 Å². The van der Waals surface area contributed by atoms with E-state index >= 15 is 0 Å². The van der Waals surface area contributed by atoms with Crippen LogP contribution in [0.1, 0.15) is 24.8 Å². The average Bonchev–Trinajstić information content (AvgIpc) is 2.28. The summed E-state index contributed by atoms with van der Waals surface area (Å²) in [6.07, 6.45) is 1.73. The molecule has 0 saturated heterocycles. The minimum Gasteiger partial charge on any atom is -0.480 e. The topological polar surface area (TPSA) is 78.4 Å². The summed E-state index contributed by atoms with van der Waals surface area (Å²) in [4.78, 5) is 22.9. The molecule has 0 aromatic heterocycles. The minimum atomic E-state index is -1.11. The Hall–Kier alpha value is -1.75. The molecule has 0 heterocycles. The van der Waals surface area contributed by atoms with Crippen molar-refractivity contribution >= 4 is 29.3 Å². The molecule has 0 spiro atoms. The highest BCUT2D eigenvalue weighted by atomic mass is 35.5. The van der Waals surface area contributed by atoms with Crippen LogP contribution in [0.3, 0.4) is 0 Å². The molecule has 3 N–H and O–H groups in total. The third-order valence-corrected chi connectivity index (χ3v) is 3.81. The molecule has 0 bridgehead atoms. The second-order valence-corrected chi connectivity index (χ2v) is 5.19. The first kappa shape index (κ1) is 13.7. The zero-order chi connectivity index (χ0) is 14.0. The number of aliphatic carboxylic acids is 1. The normalized spacial score (nSPS) is 16.3. The number of urea groups is 1. The van der Waals surface area contributed by atoms with Crippen LogP contribution < -0.4 is 10.6 Å². The SMILES string of the molecule is Cc1ccc(NC(=O)NC2(C(=O)O)CCC2)cc1Cl. The highest BCUT2D eigenvalue weighted by Gasteiger charge is 2.45. The van der Waals surface area contributed by atoms with Crippen molar-refractivity contribution < 1.29 is 14.7 Å². The Balaban J connectivity index is 2.01. The molecule has 1 saturated carbocycles. The number of amides is 2. The molecule has 1 aliphatic carbocycles. The summed E-state index contributed by atoms with van der Waals surface area (Å²) in [6, 6.07) is 4.61. The van der Waals surface area contributed by atoms with Gasteiger partial charge in [0.1, 0.15) is 5.54 Å². The van der Waals surface area contributed by atoms with Gasteiger partial charge in [-0.3, -0.25) is 0 Å². The zero-order valence-corrected chi connectivity index (χ0v) is 11.3. The lowest BCUT2D eigenvalue weighted by Crippen LogP contribution is -2.60. The van der Waals surface area contributed by atoms with E-state index in [0.717, 1.165) is 12.0 Å². The van der Waals surface area contributed by atoms with Crippen LogP contribution in [-0.2, 0) is 4.79 Å². The van der Waals surface area contributed by atoms with E-state index in [9.17, 15) is 9.59 Å². The first-order valence-corrected chi connectivity index (χ1v) is 6.39. The summed E-state index contributed by atoms with van der Waals surface area (Å²) in [5, 5.41) is 14.8. The maximum Gasteiger partial charge on any atom is 0.329 e. The molecule has 1 aromatic carbocycles. The van der Waals surface area contributed by atoms with Gasteiger partial charge in [0.25, 0.3) is 0 Å². The Labute approximate surface area is 116 Å². The highest BCUT2D eigenvalue weighted by Crippen LogP contribution is 2.32. The highest BCUT2D eigenvalue weighted by molar-refractivity contribution is 6.31. The Morgan fingerprint density at radius 1 is 1.37 bits per heavy atom. The largest absolute Gasteiger partial charge is 0.480 e. The number of nitrogens with one attached hydrogen (secondary N) is 2. The van der Waals surface area contributed by atoms with Crippen molar-refractivity contribution in [3.63, 3.8) is 0 Å². The van der Waals surface area contributed by atoms with Gasteiger partial charge in [-0.2, -0.15) is 0 Å². The number of rotatable bonds is 3. The number of anilines is 1. The molecule has 6 heteroatoms. The number of carboxylic acids is 1. The van der Waals surface area contributed by atoms with E-state index in [-0.39, 0.29) is 0 Å². The molecule has 2 amide bonds. The van der Waals surface area contributed by atoms with Crippen LogP contribution in [0.4, 0.5) is 10.5 Å². The summed E-state index contributed by atoms with van der Waals surface area (Å²) in [5.41, 5.74) is 0.333. The predicted molar refractivity (Wildman–Crippen MR) is 72.6 cm³/mol. The van der Waals surface area contributed by atoms with Crippen LogP contribution in [0.25, 0.3) is 0 Å². The van der Waals surface area contributed by atoms with E-state index in [1.807, 2.05) is 6.92 Å². The van der Waals surface area contributed by atoms with Gasteiger partial charge in [0, 0.05) is 10.7 Å². The van der Waals surface area contributed by atoms with Gasteiger partial charge in [0.2, 0.25) is 0 Å². The van der Waals surface area contributed by atoms with Crippen LogP contribution in [0, 0.1) is 6.92 Å². The van der Waals surface area contributed by atoms with E-state index < -0.39 is 17.5 Å². The van der Waals surface area contributed by atoms with E-state index in [0.29, 0.717) is 23.6 Å². The molecule has 0 atom stereocenters. The lowest BCUT2D eigenvalue weighted by Gasteiger charge is -2.38. The van der Waals surface area contributed by atoms with Gasteiger partial charge in [-0.25, -0.2) is 9.59 Å². The number of carbonyl (C=O) groups excluding carboxylic acids is 1.